The standard InChI is InChI=1S/C14H16O2/c1-11(15)16-9-8-14-10-12-4-2-3-5-13(14)7-6-12/h2-7,10,12-13H,8-9H2,1H3/b4-2-,5-3-/t12-,13+/m0/s1. The number of ether oxygens (including phenoxy) is 1. The summed E-state index contributed by atoms with van der Waals surface area (Å²) >= 11 is 0. The zero-order valence-electron chi connectivity index (χ0n) is 9.43. The summed E-state index contributed by atoms with van der Waals surface area (Å²) in [7, 11) is 0. The lowest BCUT2D eigenvalue weighted by atomic mass is 9.85. The van der Waals surface area contributed by atoms with Crippen LogP contribution in [0.3, 0.4) is 0 Å². The van der Waals surface area contributed by atoms with Gasteiger partial charge in [0.2, 0.25) is 0 Å². The van der Waals surface area contributed by atoms with Crippen molar-refractivity contribution in [3.63, 3.8) is 0 Å². The van der Waals surface area contributed by atoms with E-state index in [0.29, 0.717) is 18.4 Å². The summed E-state index contributed by atoms with van der Waals surface area (Å²) in [5, 5.41) is 0. The summed E-state index contributed by atoms with van der Waals surface area (Å²) in [5.74, 6) is 0.563. The first-order valence-electron chi connectivity index (χ1n) is 5.63. The maximum absolute atomic E-state index is 10.7. The van der Waals surface area contributed by atoms with E-state index in [1.807, 2.05) is 0 Å². The monoisotopic (exact) mass is 216 g/mol. The summed E-state index contributed by atoms with van der Waals surface area (Å²) in [5.41, 5.74) is 1.34. The predicted molar refractivity (Wildman–Crippen MR) is 63.7 cm³/mol. The molecular weight excluding hydrogens is 200 g/mol. The van der Waals surface area contributed by atoms with Gasteiger partial charge in [-0.3, -0.25) is 4.79 Å². The highest BCUT2D eigenvalue weighted by Crippen LogP contribution is 2.28. The molecule has 2 atom stereocenters. The van der Waals surface area contributed by atoms with E-state index in [4.69, 9.17) is 4.74 Å². The Morgan fingerprint density at radius 2 is 2.06 bits per heavy atom. The van der Waals surface area contributed by atoms with Gasteiger partial charge < -0.3 is 4.74 Å². The topological polar surface area (TPSA) is 26.3 Å². The molecule has 2 bridgehead atoms. The maximum Gasteiger partial charge on any atom is 0.302 e. The molecule has 0 N–H and O–H groups in total. The molecule has 84 valence electrons. The number of fused-ring (bicyclic) bond motifs is 1. The lowest BCUT2D eigenvalue weighted by Gasteiger charge is -2.21. The molecule has 0 aromatic heterocycles. The summed E-state index contributed by atoms with van der Waals surface area (Å²) < 4.78 is 4.98. The highest BCUT2D eigenvalue weighted by molar-refractivity contribution is 5.65. The number of allylic oxidation sites excluding steroid dienone is 7. The third-order valence-corrected chi connectivity index (χ3v) is 2.83. The molecule has 0 aromatic rings. The fourth-order valence-corrected chi connectivity index (χ4v) is 2.03. The summed E-state index contributed by atoms with van der Waals surface area (Å²) in [6.07, 6.45) is 16.0. The zero-order valence-corrected chi connectivity index (χ0v) is 9.43. The van der Waals surface area contributed by atoms with Crippen LogP contribution >= 0.6 is 0 Å². The Bertz CT molecular complexity index is 386. The van der Waals surface area contributed by atoms with Crippen molar-refractivity contribution in [2.45, 2.75) is 13.3 Å². The second-order valence-electron chi connectivity index (χ2n) is 4.09. The van der Waals surface area contributed by atoms with Crippen LogP contribution in [-0.2, 0) is 9.53 Å². The fourth-order valence-electron chi connectivity index (χ4n) is 2.03. The average molecular weight is 216 g/mol. The smallest absolute Gasteiger partial charge is 0.302 e. The van der Waals surface area contributed by atoms with E-state index < -0.39 is 0 Å². The van der Waals surface area contributed by atoms with Crippen LogP contribution in [0.5, 0.6) is 0 Å². The fraction of sp³-hybridized carbons (Fsp3) is 0.357. The second kappa shape index (κ2) is 4.97. The van der Waals surface area contributed by atoms with Crippen molar-refractivity contribution in [2.75, 3.05) is 6.61 Å². The maximum atomic E-state index is 10.7. The number of carbonyl (C=O) groups is 1. The Morgan fingerprint density at radius 1 is 1.25 bits per heavy atom. The van der Waals surface area contributed by atoms with E-state index in [1.165, 1.54) is 12.5 Å². The molecule has 0 spiro atoms. The van der Waals surface area contributed by atoms with Gasteiger partial charge in [0.1, 0.15) is 0 Å². The highest BCUT2D eigenvalue weighted by atomic mass is 16.5. The summed E-state index contributed by atoms with van der Waals surface area (Å²) in [6.45, 7) is 1.93. The van der Waals surface area contributed by atoms with Crippen LogP contribution in [0.1, 0.15) is 13.3 Å². The van der Waals surface area contributed by atoms with Crippen molar-refractivity contribution in [3.8, 4) is 0 Å². The molecule has 0 aromatic carbocycles. The molecule has 0 aliphatic heterocycles. The van der Waals surface area contributed by atoms with Gasteiger partial charge in [-0.1, -0.05) is 48.1 Å². The molecule has 3 rings (SSSR count). The number of carbonyl (C=O) groups excluding carboxylic acids is 1. The minimum Gasteiger partial charge on any atom is -0.466 e. The van der Waals surface area contributed by atoms with Crippen molar-refractivity contribution >= 4 is 5.97 Å². The minimum absolute atomic E-state index is 0.206. The SMILES string of the molecule is CC(=O)OCCC1=C[C@@H]2C=C[C@H]1/C=C\C=C/2. The zero-order chi connectivity index (χ0) is 11.4. The Morgan fingerprint density at radius 3 is 2.88 bits per heavy atom. The van der Waals surface area contributed by atoms with E-state index >= 15 is 0 Å². The van der Waals surface area contributed by atoms with Crippen LogP contribution in [-0.4, -0.2) is 12.6 Å². The Hall–Kier alpha value is -1.57. The first kappa shape index (κ1) is 10.9. The van der Waals surface area contributed by atoms with Gasteiger partial charge in [-0.15, -0.1) is 0 Å². The van der Waals surface area contributed by atoms with E-state index in [1.54, 1.807) is 0 Å². The van der Waals surface area contributed by atoms with Gasteiger partial charge in [-0.25, -0.2) is 0 Å². The Balaban J connectivity index is 2.00. The van der Waals surface area contributed by atoms with Crippen molar-refractivity contribution < 1.29 is 9.53 Å². The minimum atomic E-state index is -0.206. The molecule has 3 aliphatic rings. The molecule has 0 heterocycles. The van der Waals surface area contributed by atoms with E-state index in [9.17, 15) is 4.79 Å². The molecule has 0 amide bonds. The molecule has 0 radical (unpaired) electrons. The van der Waals surface area contributed by atoms with E-state index in [0.717, 1.165) is 6.42 Å². The molecule has 0 saturated heterocycles. The molecule has 2 heteroatoms. The quantitative estimate of drug-likeness (QED) is 0.535. The molecule has 16 heavy (non-hydrogen) atoms. The Labute approximate surface area is 96.0 Å². The van der Waals surface area contributed by atoms with Gasteiger partial charge in [-0.2, -0.15) is 0 Å². The van der Waals surface area contributed by atoms with Crippen molar-refractivity contribution in [2.24, 2.45) is 11.8 Å². The van der Waals surface area contributed by atoms with Crippen LogP contribution in [0.4, 0.5) is 0 Å². The largest absolute Gasteiger partial charge is 0.466 e. The third kappa shape index (κ3) is 2.72. The number of hydrogen-bond donors (Lipinski definition) is 0. The van der Waals surface area contributed by atoms with Crippen molar-refractivity contribution in [1.29, 1.82) is 0 Å². The highest BCUT2D eigenvalue weighted by Gasteiger charge is 2.15. The molecule has 0 unspecified atom stereocenters. The first-order valence-corrected chi connectivity index (χ1v) is 5.63. The number of esters is 1. The van der Waals surface area contributed by atoms with Gasteiger partial charge in [-0.05, 0) is 0 Å². The summed E-state index contributed by atoms with van der Waals surface area (Å²) in [4.78, 5) is 10.7. The van der Waals surface area contributed by atoms with Crippen molar-refractivity contribution in [3.05, 3.63) is 48.1 Å². The lowest BCUT2D eigenvalue weighted by Crippen LogP contribution is -2.10. The van der Waals surface area contributed by atoms with Gasteiger partial charge >= 0.3 is 5.97 Å². The predicted octanol–water partition coefficient (Wildman–Crippen LogP) is 2.79. The number of hydrogen-bond acceptors (Lipinski definition) is 2. The van der Waals surface area contributed by atoms with Crippen LogP contribution in [0.25, 0.3) is 0 Å². The number of rotatable bonds is 3. The normalized spacial score (nSPS) is 30.2. The van der Waals surface area contributed by atoms with Gasteiger partial charge in [0.05, 0.1) is 6.61 Å². The molecular formula is C14H16O2. The van der Waals surface area contributed by atoms with Gasteiger partial charge in [0.25, 0.3) is 0 Å². The Kier molecular flexibility index (Phi) is 3.40. The molecule has 3 aliphatic carbocycles. The first-order chi connectivity index (χ1) is 7.75. The van der Waals surface area contributed by atoms with Crippen LogP contribution in [0.15, 0.2) is 48.1 Å². The second-order valence-corrected chi connectivity index (χ2v) is 4.09. The molecule has 0 fully saturated rings. The van der Waals surface area contributed by atoms with Gasteiger partial charge in [0, 0.05) is 25.2 Å². The van der Waals surface area contributed by atoms with E-state index in [2.05, 4.69) is 42.5 Å². The van der Waals surface area contributed by atoms with Crippen LogP contribution < -0.4 is 0 Å². The van der Waals surface area contributed by atoms with E-state index in [-0.39, 0.29) is 5.97 Å². The van der Waals surface area contributed by atoms with Crippen LogP contribution in [0, 0.1) is 11.8 Å². The average Bonchev–Trinajstić information content (AvgIpc) is 2.19. The summed E-state index contributed by atoms with van der Waals surface area (Å²) in [6, 6.07) is 0. The van der Waals surface area contributed by atoms with Crippen molar-refractivity contribution in [1.82, 2.24) is 0 Å². The van der Waals surface area contributed by atoms with Gasteiger partial charge in [0.15, 0.2) is 0 Å². The van der Waals surface area contributed by atoms with Crippen LogP contribution in [0.2, 0.25) is 0 Å². The molecule has 2 nitrogen and oxygen atoms in total. The lowest BCUT2D eigenvalue weighted by molar-refractivity contribution is -0.140. The molecule has 0 saturated carbocycles. The third-order valence-electron chi connectivity index (χ3n) is 2.83.